The zero-order valence-electron chi connectivity index (χ0n) is 13.7. The standard InChI is InChI=1S/C17H23F2N3O2/c18-14-1-2-15(19)16(13-14)21-7-5-20(6-8-21)4-3-17(23)22-9-11-24-12-10-22/h1-2,13H,3-12H2. The van der Waals surface area contributed by atoms with Crippen LogP contribution in [0.1, 0.15) is 6.42 Å². The molecule has 2 aliphatic rings. The van der Waals surface area contributed by atoms with E-state index in [0.717, 1.165) is 25.2 Å². The molecule has 0 spiro atoms. The Labute approximate surface area is 140 Å². The molecular weight excluding hydrogens is 316 g/mol. The fourth-order valence-electron chi connectivity index (χ4n) is 3.17. The fourth-order valence-corrected chi connectivity index (χ4v) is 3.17. The molecule has 0 aromatic heterocycles. The largest absolute Gasteiger partial charge is 0.378 e. The van der Waals surface area contributed by atoms with Crippen molar-refractivity contribution in [3.05, 3.63) is 29.8 Å². The first-order valence-electron chi connectivity index (χ1n) is 8.41. The van der Waals surface area contributed by atoms with E-state index in [1.165, 1.54) is 6.07 Å². The van der Waals surface area contributed by atoms with Gasteiger partial charge in [-0.25, -0.2) is 8.78 Å². The van der Waals surface area contributed by atoms with Crippen molar-refractivity contribution in [3.8, 4) is 0 Å². The topological polar surface area (TPSA) is 36.0 Å². The van der Waals surface area contributed by atoms with Gasteiger partial charge in [-0.3, -0.25) is 9.69 Å². The molecule has 132 valence electrons. The Morgan fingerprint density at radius 3 is 2.46 bits per heavy atom. The first kappa shape index (κ1) is 17.1. The van der Waals surface area contributed by atoms with Crippen molar-refractivity contribution < 1.29 is 18.3 Å². The highest BCUT2D eigenvalue weighted by Crippen LogP contribution is 2.22. The Balaban J connectivity index is 1.45. The molecule has 0 radical (unpaired) electrons. The molecule has 2 aliphatic heterocycles. The second-order valence-corrected chi connectivity index (χ2v) is 6.17. The van der Waals surface area contributed by atoms with Gasteiger partial charge in [-0.1, -0.05) is 0 Å². The maximum Gasteiger partial charge on any atom is 0.224 e. The number of halogens is 2. The van der Waals surface area contributed by atoms with Gasteiger partial charge in [-0.15, -0.1) is 0 Å². The molecule has 0 aliphatic carbocycles. The van der Waals surface area contributed by atoms with Crippen molar-refractivity contribution in [1.29, 1.82) is 0 Å². The smallest absolute Gasteiger partial charge is 0.224 e. The van der Waals surface area contributed by atoms with Gasteiger partial charge in [-0.05, 0) is 12.1 Å². The summed E-state index contributed by atoms with van der Waals surface area (Å²) in [6.07, 6.45) is 0.494. The number of carbonyl (C=O) groups excluding carboxylic acids is 1. The molecule has 0 N–H and O–H groups in total. The highest BCUT2D eigenvalue weighted by Gasteiger charge is 2.22. The second-order valence-electron chi connectivity index (χ2n) is 6.17. The summed E-state index contributed by atoms with van der Waals surface area (Å²) >= 11 is 0. The van der Waals surface area contributed by atoms with Gasteiger partial charge in [-0.2, -0.15) is 0 Å². The number of nitrogens with zero attached hydrogens (tertiary/aromatic N) is 3. The zero-order chi connectivity index (χ0) is 16.9. The van der Waals surface area contributed by atoms with Crippen molar-refractivity contribution in [1.82, 2.24) is 9.80 Å². The normalized spacial score (nSPS) is 19.6. The summed E-state index contributed by atoms with van der Waals surface area (Å²) in [5.41, 5.74) is 0.319. The van der Waals surface area contributed by atoms with E-state index in [-0.39, 0.29) is 5.91 Å². The van der Waals surface area contributed by atoms with E-state index in [9.17, 15) is 13.6 Å². The summed E-state index contributed by atoms with van der Waals surface area (Å²) in [5.74, 6) is -0.658. The number of hydrogen-bond donors (Lipinski definition) is 0. The Hall–Kier alpha value is -1.73. The van der Waals surface area contributed by atoms with E-state index in [4.69, 9.17) is 4.74 Å². The second kappa shape index (κ2) is 7.90. The van der Waals surface area contributed by atoms with E-state index in [0.29, 0.717) is 58.0 Å². The number of morpholine rings is 1. The number of rotatable bonds is 4. The van der Waals surface area contributed by atoms with E-state index in [2.05, 4.69) is 4.90 Å². The van der Waals surface area contributed by atoms with Crippen LogP contribution in [-0.4, -0.2) is 74.7 Å². The van der Waals surface area contributed by atoms with E-state index >= 15 is 0 Å². The molecule has 3 rings (SSSR count). The van der Waals surface area contributed by atoms with Crippen molar-refractivity contribution in [2.75, 3.05) is 63.9 Å². The average molecular weight is 339 g/mol. The van der Waals surface area contributed by atoms with Crippen LogP contribution in [0.3, 0.4) is 0 Å². The van der Waals surface area contributed by atoms with Crippen LogP contribution in [0.25, 0.3) is 0 Å². The van der Waals surface area contributed by atoms with Crippen LogP contribution in [0.15, 0.2) is 18.2 Å². The van der Waals surface area contributed by atoms with Gasteiger partial charge in [0.15, 0.2) is 0 Å². The van der Waals surface area contributed by atoms with Gasteiger partial charge in [0.25, 0.3) is 0 Å². The molecule has 2 fully saturated rings. The van der Waals surface area contributed by atoms with Crippen molar-refractivity contribution >= 4 is 11.6 Å². The molecule has 0 unspecified atom stereocenters. The molecule has 0 atom stereocenters. The quantitative estimate of drug-likeness (QED) is 0.829. The van der Waals surface area contributed by atoms with Crippen molar-refractivity contribution in [2.24, 2.45) is 0 Å². The van der Waals surface area contributed by atoms with Crippen molar-refractivity contribution in [3.63, 3.8) is 0 Å². The highest BCUT2D eigenvalue weighted by atomic mass is 19.1. The predicted octanol–water partition coefficient (Wildman–Crippen LogP) is 1.34. The van der Waals surface area contributed by atoms with Crippen molar-refractivity contribution in [2.45, 2.75) is 6.42 Å². The Morgan fingerprint density at radius 2 is 1.75 bits per heavy atom. The van der Waals surface area contributed by atoms with Gasteiger partial charge in [0.1, 0.15) is 11.6 Å². The zero-order valence-corrected chi connectivity index (χ0v) is 13.7. The number of hydrogen-bond acceptors (Lipinski definition) is 4. The van der Waals surface area contributed by atoms with E-state index in [1.54, 1.807) is 0 Å². The minimum atomic E-state index is -0.426. The first-order valence-corrected chi connectivity index (χ1v) is 8.41. The maximum absolute atomic E-state index is 13.8. The predicted molar refractivity (Wildman–Crippen MR) is 87.0 cm³/mol. The molecule has 2 saturated heterocycles. The third kappa shape index (κ3) is 4.21. The molecular formula is C17H23F2N3O2. The number of ether oxygens (including phenoxy) is 1. The van der Waals surface area contributed by atoms with Gasteiger partial charge < -0.3 is 14.5 Å². The van der Waals surface area contributed by atoms with Crippen LogP contribution in [0.2, 0.25) is 0 Å². The maximum atomic E-state index is 13.8. The van der Waals surface area contributed by atoms with E-state index in [1.807, 2.05) is 9.80 Å². The van der Waals surface area contributed by atoms with Crippen LogP contribution in [0.4, 0.5) is 14.5 Å². The highest BCUT2D eigenvalue weighted by molar-refractivity contribution is 5.76. The van der Waals surface area contributed by atoms with E-state index < -0.39 is 11.6 Å². The summed E-state index contributed by atoms with van der Waals surface area (Å²) in [7, 11) is 0. The summed E-state index contributed by atoms with van der Waals surface area (Å²) in [6, 6.07) is 3.54. The lowest BCUT2D eigenvalue weighted by molar-refractivity contribution is -0.135. The molecule has 2 heterocycles. The molecule has 1 aromatic carbocycles. The average Bonchev–Trinajstić information content (AvgIpc) is 2.63. The minimum Gasteiger partial charge on any atom is -0.378 e. The summed E-state index contributed by atoms with van der Waals surface area (Å²) in [4.78, 5) is 18.1. The molecule has 1 aromatic rings. The molecule has 24 heavy (non-hydrogen) atoms. The number of amides is 1. The Kier molecular flexibility index (Phi) is 5.63. The Bertz CT molecular complexity index is 571. The van der Waals surface area contributed by atoms with Gasteiger partial charge in [0.2, 0.25) is 5.91 Å². The monoisotopic (exact) mass is 339 g/mol. The number of benzene rings is 1. The third-order valence-electron chi connectivity index (χ3n) is 4.63. The van der Waals surface area contributed by atoms with Crippen LogP contribution < -0.4 is 4.90 Å². The minimum absolute atomic E-state index is 0.164. The number of carbonyl (C=O) groups is 1. The number of anilines is 1. The Morgan fingerprint density at radius 1 is 1.04 bits per heavy atom. The summed E-state index contributed by atoms with van der Waals surface area (Å²) in [5, 5.41) is 0. The molecule has 7 heteroatoms. The van der Waals surface area contributed by atoms with Gasteiger partial charge in [0.05, 0.1) is 18.9 Å². The first-order chi connectivity index (χ1) is 11.6. The molecule has 0 saturated carbocycles. The molecule has 1 amide bonds. The lowest BCUT2D eigenvalue weighted by Gasteiger charge is -2.36. The summed E-state index contributed by atoms with van der Waals surface area (Å²) in [6.45, 7) is 6.02. The van der Waals surface area contributed by atoms with Gasteiger partial charge >= 0.3 is 0 Å². The summed E-state index contributed by atoms with van der Waals surface area (Å²) < 4.78 is 32.4. The molecule has 0 bridgehead atoms. The SMILES string of the molecule is O=C(CCN1CCN(c2cc(F)ccc2F)CC1)N1CCOCC1. The lowest BCUT2D eigenvalue weighted by atomic mass is 10.2. The lowest BCUT2D eigenvalue weighted by Crippen LogP contribution is -2.48. The van der Waals surface area contributed by atoms with Crippen LogP contribution >= 0.6 is 0 Å². The van der Waals surface area contributed by atoms with Gasteiger partial charge in [0, 0.05) is 58.3 Å². The number of piperazine rings is 1. The van der Waals surface area contributed by atoms with Crippen LogP contribution in [0.5, 0.6) is 0 Å². The van der Waals surface area contributed by atoms with Crippen LogP contribution in [0, 0.1) is 11.6 Å². The fraction of sp³-hybridized carbons (Fsp3) is 0.588. The molecule has 5 nitrogen and oxygen atoms in total. The van der Waals surface area contributed by atoms with Crippen LogP contribution in [-0.2, 0) is 9.53 Å². The third-order valence-corrected chi connectivity index (χ3v) is 4.63.